The van der Waals surface area contributed by atoms with Crippen molar-refractivity contribution in [3.63, 3.8) is 0 Å². The van der Waals surface area contributed by atoms with Gasteiger partial charge in [0.15, 0.2) is 11.6 Å². The van der Waals surface area contributed by atoms with Gasteiger partial charge in [0.2, 0.25) is 0 Å². The summed E-state index contributed by atoms with van der Waals surface area (Å²) in [5.41, 5.74) is 8.48. The van der Waals surface area contributed by atoms with Crippen molar-refractivity contribution in [3.05, 3.63) is 132 Å². The lowest BCUT2D eigenvalue weighted by Crippen LogP contribution is -2.09. The van der Waals surface area contributed by atoms with E-state index in [4.69, 9.17) is 0 Å². The minimum atomic E-state index is 0.0408. The Kier molecular flexibility index (Phi) is 4.70. The second-order valence-corrected chi connectivity index (χ2v) is 9.57. The summed E-state index contributed by atoms with van der Waals surface area (Å²) in [6.07, 6.45) is 0. The van der Waals surface area contributed by atoms with E-state index in [9.17, 15) is 9.59 Å². The quantitative estimate of drug-likeness (QED) is 0.240. The first kappa shape index (κ1) is 21.5. The number of benzene rings is 6. The highest BCUT2D eigenvalue weighted by molar-refractivity contribution is 6.28. The van der Waals surface area contributed by atoms with Crippen molar-refractivity contribution in [2.75, 3.05) is 0 Å². The molecule has 1 aliphatic carbocycles. The number of carbonyl (C=O) groups excluding carboxylic acids is 2. The van der Waals surface area contributed by atoms with Crippen LogP contribution in [0.1, 0.15) is 33.2 Å². The van der Waals surface area contributed by atoms with Gasteiger partial charge in [-0.25, -0.2) is 0 Å². The fraction of sp³-hybridized carbons (Fsp3) is 0.0286. The van der Waals surface area contributed by atoms with Gasteiger partial charge in [-0.2, -0.15) is 0 Å². The first-order valence-electron chi connectivity index (χ1n) is 12.5. The molecule has 174 valence electrons. The zero-order valence-corrected chi connectivity index (χ0v) is 20.3. The lowest BCUT2D eigenvalue weighted by molar-refractivity contribution is 0.101. The van der Waals surface area contributed by atoms with E-state index in [-0.39, 0.29) is 11.6 Å². The third-order valence-corrected chi connectivity index (χ3v) is 7.54. The van der Waals surface area contributed by atoms with Crippen LogP contribution in [0.3, 0.4) is 0 Å². The van der Waals surface area contributed by atoms with Crippen LogP contribution in [0.5, 0.6) is 0 Å². The van der Waals surface area contributed by atoms with Gasteiger partial charge in [0.25, 0.3) is 0 Å². The van der Waals surface area contributed by atoms with Crippen LogP contribution >= 0.6 is 0 Å². The highest BCUT2D eigenvalue weighted by Crippen LogP contribution is 2.45. The molecule has 37 heavy (non-hydrogen) atoms. The lowest BCUT2D eigenvalue weighted by Gasteiger charge is -2.22. The molecule has 0 fully saturated rings. The van der Waals surface area contributed by atoms with Crippen LogP contribution in [-0.4, -0.2) is 11.6 Å². The SMILES string of the molecule is CC(=O)c1cccc2c(-c3ccc4c5c(cccc35)C(=O)c3ccccc3-4)ccc(-c3ccccc3)c12. The number of hydrogen-bond donors (Lipinski definition) is 0. The molecule has 0 saturated heterocycles. The van der Waals surface area contributed by atoms with E-state index in [0.717, 1.165) is 66.1 Å². The van der Waals surface area contributed by atoms with Gasteiger partial charge in [-0.05, 0) is 51.1 Å². The molecule has 0 unspecified atom stereocenters. The molecule has 0 heterocycles. The molecule has 6 aromatic carbocycles. The van der Waals surface area contributed by atoms with Gasteiger partial charge in [0.1, 0.15) is 0 Å². The molecule has 0 amide bonds. The summed E-state index contributed by atoms with van der Waals surface area (Å²) >= 11 is 0. The smallest absolute Gasteiger partial charge is 0.194 e. The average molecular weight is 475 g/mol. The van der Waals surface area contributed by atoms with Crippen LogP contribution < -0.4 is 0 Å². The summed E-state index contributed by atoms with van der Waals surface area (Å²) in [7, 11) is 0. The van der Waals surface area contributed by atoms with E-state index in [2.05, 4.69) is 48.5 Å². The lowest BCUT2D eigenvalue weighted by atomic mass is 9.80. The Morgan fingerprint density at radius 2 is 1.03 bits per heavy atom. The number of rotatable bonds is 3. The van der Waals surface area contributed by atoms with E-state index in [1.807, 2.05) is 66.7 Å². The van der Waals surface area contributed by atoms with Crippen molar-refractivity contribution < 1.29 is 9.59 Å². The summed E-state index contributed by atoms with van der Waals surface area (Å²) in [5, 5.41) is 4.02. The number of Topliss-reactive ketones (excluding diaryl/α,β-unsaturated/α-hetero) is 1. The van der Waals surface area contributed by atoms with Crippen molar-refractivity contribution in [2.45, 2.75) is 6.92 Å². The normalized spacial score (nSPS) is 12.1. The first-order valence-corrected chi connectivity index (χ1v) is 12.5. The van der Waals surface area contributed by atoms with Crippen molar-refractivity contribution in [1.29, 1.82) is 0 Å². The molecule has 0 saturated carbocycles. The molecule has 1 aliphatic rings. The van der Waals surface area contributed by atoms with Crippen LogP contribution in [0.2, 0.25) is 0 Å². The molecule has 7 rings (SSSR count). The van der Waals surface area contributed by atoms with Gasteiger partial charge in [0, 0.05) is 27.5 Å². The van der Waals surface area contributed by atoms with Gasteiger partial charge in [-0.1, -0.05) is 115 Å². The van der Waals surface area contributed by atoms with E-state index in [0.29, 0.717) is 5.56 Å². The van der Waals surface area contributed by atoms with E-state index < -0.39 is 0 Å². The molecular formula is C35H22O2. The van der Waals surface area contributed by atoms with Crippen LogP contribution in [0.15, 0.2) is 115 Å². The van der Waals surface area contributed by atoms with Gasteiger partial charge < -0.3 is 0 Å². The maximum atomic E-state index is 13.4. The Morgan fingerprint density at radius 3 is 1.76 bits per heavy atom. The molecule has 0 aliphatic heterocycles. The fourth-order valence-electron chi connectivity index (χ4n) is 5.91. The minimum absolute atomic E-state index is 0.0408. The second-order valence-electron chi connectivity index (χ2n) is 9.57. The Hall–Kier alpha value is -4.82. The Morgan fingerprint density at radius 1 is 0.459 bits per heavy atom. The third-order valence-electron chi connectivity index (χ3n) is 7.54. The third kappa shape index (κ3) is 3.12. The minimum Gasteiger partial charge on any atom is -0.294 e. The Balaban J connectivity index is 1.57. The number of hydrogen-bond acceptors (Lipinski definition) is 2. The molecular weight excluding hydrogens is 452 g/mol. The van der Waals surface area contributed by atoms with Crippen LogP contribution in [0, 0.1) is 0 Å². The summed E-state index contributed by atoms with van der Waals surface area (Å²) in [6.45, 7) is 1.63. The molecule has 0 radical (unpaired) electrons. The Bertz CT molecular complexity index is 1910. The van der Waals surface area contributed by atoms with Crippen molar-refractivity contribution in [2.24, 2.45) is 0 Å². The van der Waals surface area contributed by atoms with E-state index in [1.165, 1.54) is 0 Å². The molecule has 0 bridgehead atoms. The second kappa shape index (κ2) is 8.11. The summed E-state index contributed by atoms with van der Waals surface area (Å²) in [4.78, 5) is 26.2. The number of fused-ring (bicyclic) bond motifs is 3. The van der Waals surface area contributed by atoms with Crippen molar-refractivity contribution in [1.82, 2.24) is 0 Å². The average Bonchev–Trinajstić information content (AvgIpc) is 2.95. The van der Waals surface area contributed by atoms with E-state index in [1.54, 1.807) is 6.92 Å². The fourth-order valence-corrected chi connectivity index (χ4v) is 5.91. The van der Waals surface area contributed by atoms with Gasteiger partial charge >= 0.3 is 0 Å². The maximum Gasteiger partial charge on any atom is 0.194 e. The monoisotopic (exact) mass is 474 g/mol. The van der Waals surface area contributed by atoms with Gasteiger partial charge in [-0.3, -0.25) is 9.59 Å². The standard InChI is InChI=1S/C35H22O2/c1-21(36)23-13-7-14-28-26(18-17-24(33(23)28)22-9-3-2-4-10-22)27-19-20-30-25-11-5-6-12-31(25)35(37)32-16-8-15-29(27)34(30)32/h2-20H,1H3. The molecule has 0 spiro atoms. The summed E-state index contributed by atoms with van der Waals surface area (Å²) in [5.74, 6) is 0.105. The zero-order valence-electron chi connectivity index (χ0n) is 20.3. The topological polar surface area (TPSA) is 34.1 Å². The molecule has 2 nitrogen and oxygen atoms in total. The highest BCUT2D eigenvalue weighted by atomic mass is 16.1. The molecule has 0 aromatic heterocycles. The largest absolute Gasteiger partial charge is 0.294 e. The van der Waals surface area contributed by atoms with Crippen LogP contribution in [0.25, 0.3) is 54.9 Å². The van der Waals surface area contributed by atoms with Crippen LogP contribution in [0.4, 0.5) is 0 Å². The predicted molar refractivity (Wildman–Crippen MR) is 151 cm³/mol. The summed E-state index contributed by atoms with van der Waals surface area (Å²) < 4.78 is 0. The first-order chi connectivity index (χ1) is 18.1. The molecule has 0 N–H and O–H groups in total. The molecule has 6 aromatic rings. The maximum absolute atomic E-state index is 13.4. The van der Waals surface area contributed by atoms with Gasteiger partial charge in [0.05, 0.1) is 0 Å². The molecule has 0 atom stereocenters. The van der Waals surface area contributed by atoms with Gasteiger partial charge in [-0.15, -0.1) is 0 Å². The molecule has 2 heteroatoms. The highest BCUT2D eigenvalue weighted by Gasteiger charge is 2.26. The van der Waals surface area contributed by atoms with Crippen molar-refractivity contribution in [3.8, 4) is 33.4 Å². The number of carbonyl (C=O) groups is 2. The number of ketones is 2. The zero-order chi connectivity index (χ0) is 25.1. The van der Waals surface area contributed by atoms with Crippen molar-refractivity contribution >= 4 is 33.1 Å². The predicted octanol–water partition coefficient (Wildman–Crippen LogP) is 8.74. The Labute approximate surface area is 214 Å². The summed E-state index contributed by atoms with van der Waals surface area (Å²) in [6, 6.07) is 38.6. The van der Waals surface area contributed by atoms with Crippen LogP contribution in [-0.2, 0) is 0 Å². The van der Waals surface area contributed by atoms with E-state index >= 15 is 0 Å².